The second-order valence-electron chi connectivity index (χ2n) is 8.01. The van der Waals surface area contributed by atoms with Crippen LogP contribution in [0.5, 0.6) is 5.75 Å². The highest BCUT2D eigenvalue weighted by Gasteiger charge is 2.42. The summed E-state index contributed by atoms with van der Waals surface area (Å²) in [6.07, 6.45) is 9.01. The Morgan fingerprint density at radius 2 is 1.52 bits per heavy atom. The summed E-state index contributed by atoms with van der Waals surface area (Å²) in [5.41, 5.74) is 3.22. The first-order valence-corrected chi connectivity index (χ1v) is 9.57. The third kappa shape index (κ3) is 3.31. The number of hydrogen-bond donors (Lipinski definition) is 0. The molecule has 132 valence electrons. The molecule has 0 heterocycles. The Balaban J connectivity index is 1.43. The van der Waals surface area contributed by atoms with Crippen molar-refractivity contribution in [2.24, 2.45) is 5.41 Å². The van der Waals surface area contributed by atoms with Crippen LogP contribution in [0.1, 0.15) is 67.9 Å². The van der Waals surface area contributed by atoms with Gasteiger partial charge >= 0.3 is 0 Å². The van der Waals surface area contributed by atoms with Crippen LogP contribution in [0.4, 0.5) is 4.39 Å². The first kappa shape index (κ1) is 16.6. The molecule has 2 aliphatic rings. The Hall–Kier alpha value is -1.83. The third-order valence-electron chi connectivity index (χ3n) is 6.67. The summed E-state index contributed by atoms with van der Waals surface area (Å²) in [5, 5.41) is 0. The van der Waals surface area contributed by atoms with Crippen molar-refractivity contribution in [3.63, 3.8) is 0 Å². The average Bonchev–Trinajstić information content (AvgIpc) is 3.07. The maximum Gasteiger partial charge on any atom is 0.123 e. The summed E-state index contributed by atoms with van der Waals surface area (Å²) in [5.74, 6) is 2.16. The van der Waals surface area contributed by atoms with E-state index in [4.69, 9.17) is 4.74 Å². The lowest BCUT2D eigenvalue weighted by atomic mass is 9.67. The van der Waals surface area contributed by atoms with Crippen LogP contribution >= 0.6 is 0 Å². The highest BCUT2D eigenvalue weighted by molar-refractivity contribution is 5.37. The van der Waals surface area contributed by atoms with Gasteiger partial charge < -0.3 is 4.74 Å². The second kappa shape index (κ2) is 6.82. The van der Waals surface area contributed by atoms with Crippen molar-refractivity contribution in [2.75, 3.05) is 7.11 Å². The van der Waals surface area contributed by atoms with Gasteiger partial charge in [-0.1, -0.05) is 30.3 Å². The monoisotopic (exact) mass is 338 g/mol. The molecule has 1 nitrogen and oxygen atoms in total. The Kier molecular flexibility index (Phi) is 4.54. The summed E-state index contributed by atoms with van der Waals surface area (Å²) in [6, 6.07) is 15.7. The normalized spacial score (nSPS) is 29.0. The van der Waals surface area contributed by atoms with Gasteiger partial charge in [0.15, 0.2) is 0 Å². The molecule has 0 bridgehead atoms. The molecule has 2 saturated carbocycles. The number of halogens is 1. The predicted molar refractivity (Wildman–Crippen MR) is 99.6 cm³/mol. The van der Waals surface area contributed by atoms with Gasteiger partial charge in [0.1, 0.15) is 11.6 Å². The second-order valence-corrected chi connectivity index (χ2v) is 8.01. The third-order valence-corrected chi connectivity index (χ3v) is 6.67. The van der Waals surface area contributed by atoms with Gasteiger partial charge in [0.2, 0.25) is 0 Å². The van der Waals surface area contributed by atoms with Gasteiger partial charge in [0, 0.05) is 0 Å². The minimum atomic E-state index is -0.133. The van der Waals surface area contributed by atoms with Crippen LogP contribution < -0.4 is 4.74 Å². The SMILES string of the molecule is COc1ccccc1C1CCC2(CCC(c3ccc(F)cc3)CC2)C1. The number of benzene rings is 2. The van der Waals surface area contributed by atoms with E-state index in [2.05, 4.69) is 24.3 Å². The Morgan fingerprint density at radius 1 is 0.880 bits per heavy atom. The molecule has 2 heteroatoms. The van der Waals surface area contributed by atoms with E-state index in [0.717, 1.165) is 5.75 Å². The van der Waals surface area contributed by atoms with Gasteiger partial charge in [-0.15, -0.1) is 0 Å². The molecule has 2 aromatic rings. The number of para-hydroxylation sites is 1. The molecule has 4 rings (SSSR count). The summed E-state index contributed by atoms with van der Waals surface area (Å²) in [4.78, 5) is 0. The van der Waals surface area contributed by atoms with Crippen molar-refractivity contribution in [1.29, 1.82) is 0 Å². The zero-order valence-electron chi connectivity index (χ0n) is 15.0. The van der Waals surface area contributed by atoms with Gasteiger partial charge in [-0.3, -0.25) is 0 Å². The van der Waals surface area contributed by atoms with Crippen LogP contribution in [0.2, 0.25) is 0 Å². The van der Waals surface area contributed by atoms with Crippen LogP contribution in [0.3, 0.4) is 0 Å². The average molecular weight is 338 g/mol. The van der Waals surface area contributed by atoms with Gasteiger partial charge in [-0.05, 0) is 91.5 Å². The van der Waals surface area contributed by atoms with Crippen molar-refractivity contribution in [3.05, 3.63) is 65.5 Å². The standard InChI is InChI=1S/C23H27FO/c1-25-22-5-3-2-4-21(22)19-12-15-23(16-19)13-10-18(11-14-23)17-6-8-20(24)9-7-17/h2-9,18-19H,10-16H2,1H3. The Morgan fingerprint density at radius 3 is 2.20 bits per heavy atom. The number of ether oxygens (including phenoxy) is 1. The molecule has 0 N–H and O–H groups in total. The molecule has 0 radical (unpaired) electrons. The first-order valence-electron chi connectivity index (χ1n) is 9.57. The molecule has 0 saturated heterocycles. The van der Waals surface area contributed by atoms with E-state index >= 15 is 0 Å². The quantitative estimate of drug-likeness (QED) is 0.625. The topological polar surface area (TPSA) is 9.23 Å². The largest absolute Gasteiger partial charge is 0.496 e. The van der Waals surface area contributed by atoms with Crippen molar-refractivity contribution >= 4 is 0 Å². The smallest absolute Gasteiger partial charge is 0.123 e. The van der Waals surface area contributed by atoms with Crippen molar-refractivity contribution < 1.29 is 9.13 Å². The molecule has 0 amide bonds. The molecule has 2 aromatic carbocycles. The molecule has 0 aliphatic heterocycles. The summed E-state index contributed by atoms with van der Waals surface area (Å²) < 4.78 is 18.7. The maximum absolute atomic E-state index is 13.2. The van der Waals surface area contributed by atoms with Gasteiger partial charge in [0.05, 0.1) is 7.11 Å². The van der Waals surface area contributed by atoms with Crippen LogP contribution in [0.25, 0.3) is 0 Å². The fourth-order valence-corrected chi connectivity index (χ4v) is 5.23. The van der Waals surface area contributed by atoms with Crippen molar-refractivity contribution in [1.82, 2.24) is 0 Å². The zero-order valence-corrected chi connectivity index (χ0v) is 15.0. The van der Waals surface area contributed by atoms with E-state index in [-0.39, 0.29) is 5.82 Å². The molecular weight excluding hydrogens is 311 g/mol. The van der Waals surface area contributed by atoms with E-state index in [0.29, 0.717) is 17.3 Å². The highest BCUT2D eigenvalue weighted by atomic mass is 19.1. The zero-order chi connectivity index (χ0) is 17.3. The first-order chi connectivity index (χ1) is 12.2. The summed E-state index contributed by atoms with van der Waals surface area (Å²) >= 11 is 0. The van der Waals surface area contributed by atoms with Gasteiger partial charge in [-0.25, -0.2) is 4.39 Å². The van der Waals surface area contributed by atoms with Crippen LogP contribution in [-0.2, 0) is 0 Å². The fourth-order valence-electron chi connectivity index (χ4n) is 5.23. The summed E-state index contributed by atoms with van der Waals surface area (Å²) in [7, 11) is 1.78. The van der Waals surface area contributed by atoms with E-state index < -0.39 is 0 Å². The molecule has 0 aromatic heterocycles. The number of methoxy groups -OCH3 is 1. The lowest BCUT2D eigenvalue weighted by Gasteiger charge is -2.38. The van der Waals surface area contributed by atoms with Crippen LogP contribution in [0, 0.1) is 11.2 Å². The minimum absolute atomic E-state index is 0.133. The minimum Gasteiger partial charge on any atom is -0.496 e. The molecule has 2 fully saturated rings. The van der Waals surface area contributed by atoms with E-state index in [1.807, 2.05) is 12.1 Å². The molecule has 25 heavy (non-hydrogen) atoms. The Labute approximate surface area is 150 Å². The predicted octanol–water partition coefficient (Wildman–Crippen LogP) is 6.45. The van der Waals surface area contributed by atoms with E-state index in [1.165, 1.54) is 56.1 Å². The molecule has 2 aliphatic carbocycles. The lowest BCUT2D eigenvalue weighted by Crippen LogP contribution is -2.24. The van der Waals surface area contributed by atoms with Gasteiger partial charge in [0.25, 0.3) is 0 Å². The fraction of sp³-hybridized carbons (Fsp3) is 0.478. The van der Waals surface area contributed by atoms with E-state index in [9.17, 15) is 4.39 Å². The molecular formula is C23H27FO. The molecule has 1 spiro atoms. The van der Waals surface area contributed by atoms with E-state index in [1.54, 1.807) is 19.2 Å². The highest BCUT2D eigenvalue weighted by Crippen LogP contribution is 2.57. The van der Waals surface area contributed by atoms with Crippen molar-refractivity contribution in [2.45, 2.75) is 56.8 Å². The number of rotatable bonds is 3. The van der Waals surface area contributed by atoms with Crippen LogP contribution in [-0.4, -0.2) is 7.11 Å². The molecule has 1 atom stereocenters. The van der Waals surface area contributed by atoms with Crippen LogP contribution in [0.15, 0.2) is 48.5 Å². The maximum atomic E-state index is 13.2. The summed E-state index contributed by atoms with van der Waals surface area (Å²) in [6.45, 7) is 0. The molecule has 1 unspecified atom stereocenters. The lowest BCUT2D eigenvalue weighted by molar-refractivity contribution is 0.179. The number of hydrogen-bond acceptors (Lipinski definition) is 1. The van der Waals surface area contributed by atoms with Crippen molar-refractivity contribution in [3.8, 4) is 5.75 Å². The Bertz CT molecular complexity index is 713. The van der Waals surface area contributed by atoms with Gasteiger partial charge in [-0.2, -0.15) is 0 Å².